The third kappa shape index (κ3) is 4.29. The van der Waals surface area contributed by atoms with E-state index in [0.717, 1.165) is 0 Å². The maximum atomic E-state index is 12.2. The molecule has 6 nitrogen and oxygen atoms in total. The lowest BCUT2D eigenvalue weighted by Gasteiger charge is -2.14. The van der Waals surface area contributed by atoms with Crippen LogP contribution < -0.4 is 10.0 Å². The lowest BCUT2D eigenvalue weighted by atomic mass is 10.1. The van der Waals surface area contributed by atoms with Crippen molar-refractivity contribution < 1.29 is 18.3 Å². The van der Waals surface area contributed by atoms with Crippen molar-refractivity contribution in [2.75, 3.05) is 6.54 Å². The largest absolute Gasteiger partial charge is 0.389 e. The maximum absolute atomic E-state index is 12.2. The fourth-order valence-corrected chi connectivity index (χ4v) is 2.88. The second kappa shape index (κ2) is 6.83. The van der Waals surface area contributed by atoms with Crippen LogP contribution in [-0.2, 0) is 14.8 Å². The summed E-state index contributed by atoms with van der Waals surface area (Å²) in [5.41, 5.74) is 0.499. The molecule has 1 amide bonds. The highest BCUT2D eigenvalue weighted by atomic mass is 32.2. The van der Waals surface area contributed by atoms with Gasteiger partial charge in [-0.15, -0.1) is 0 Å². The number of rotatable bonds is 6. The quantitative estimate of drug-likeness (QED) is 0.714. The number of aliphatic hydroxyl groups excluding tert-OH is 1. The Morgan fingerprint density at radius 3 is 2.55 bits per heavy atom. The summed E-state index contributed by atoms with van der Waals surface area (Å²) in [7, 11) is -3.80. The number of benzene rings is 1. The van der Waals surface area contributed by atoms with Crippen molar-refractivity contribution in [1.29, 1.82) is 0 Å². The monoisotopic (exact) mass is 300 g/mol. The Hall–Kier alpha value is -1.44. The Morgan fingerprint density at radius 1 is 1.35 bits per heavy atom. The van der Waals surface area contributed by atoms with Crippen LogP contribution in [0.4, 0.5) is 0 Å². The van der Waals surface area contributed by atoms with Gasteiger partial charge in [0.25, 0.3) is 0 Å². The third-order valence-corrected chi connectivity index (χ3v) is 4.27. The Labute approximate surface area is 119 Å². The van der Waals surface area contributed by atoms with Crippen LogP contribution in [0.1, 0.15) is 32.4 Å². The van der Waals surface area contributed by atoms with Crippen molar-refractivity contribution in [3.05, 3.63) is 29.8 Å². The van der Waals surface area contributed by atoms with Gasteiger partial charge in [-0.1, -0.05) is 12.1 Å². The minimum atomic E-state index is -3.80. The van der Waals surface area contributed by atoms with Crippen molar-refractivity contribution in [1.82, 2.24) is 10.0 Å². The number of hydrogen-bond acceptors (Lipinski definition) is 4. The molecule has 1 aromatic carbocycles. The summed E-state index contributed by atoms with van der Waals surface area (Å²) < 4.78 is 26.6. The van der Waals surface area contributed by atoms with Gasteiger partial charge < -0.3 is 10.4 Å². The first-order valence-electron chi connectivity index (χ1n) is 6.36. The van der Waals surface area contributed by atoms with E-state index >= 15 is 0 Å². The molecule has 0 aliphatic carbocycles. The second-order valence-electron chi connectivity index (χ2n) is 4.49. The first-order valence-corrected chi connectivity index (χ1v) is 7.84. The number of carbonyl (C=O) groups excluding carboxylic acids is 1. The molecule has 1 aromatic rings. The molecule has 0 aliphatic heterocycles. The van der Waals surface area contributed by atoms with Crippen LogP contribution in [0.3, 0.4) is 0 Å². The third-order valence-electron chi connectivity index (χ3n) is 2.73. The van der Waals surface area contributed by atoms with E-state index in [-0.39, 0.29) is 10.8 Å². The molecule has 0 fully saturated rings. The molecule has 20 heavy (non-hydrogen) atoms. The second-order valence-corrected chi connectivity index (χ2v) is 6.20. The van der Waals surface area contributed by atoms with Crippen LogP contribution in [0.5, 0.6) is 0 Å². The number of aliphatic hydroxyl groups is 1. The molecule has 0 aliphatic rings. The average molecular weight is 300 g/mol. The van der Waals surface area contributed by atoms with Crippen molar-refractivity contribution in [3.63, 3.8) is 0 Å². The Bertz CT molecular complexity index is 569. The van der Waals surface area contributed by atoms with Gasteiger partial charge in [-0.05, 0) is 38.5 Å². The highest BCUT2D eigenvalue weighted by molar-refractivity contribution is 7.89. The topological polar surface area (TPSA) is 95.5 Å². The number of sulfonamides is 1. The number of carbonyl (C=O) groups is 1. The smallest absolute Gasteiger partial charge is 0.241 e. The molecular formula is C13H20N2O4S. The molecule has 0 saturated heterocycles. The summed E-state index contributed by atoms with van der Waals surface area (Å²) in [6, 6.07) is 5.12. The predicted octanol–water partition coefficient (Wildman–Crippen LogP) is 0.543. The van der Waals surface area contributed by atoms with Gasteiger partial charge in [-0.25, -0.2) is 8.42 Å². The maximum Gasteiger partial charge on any atom is 0.241 e. The lowest BCUT2D eigenvalue weighted by molar-refractivity contribution is -0.122. The zero-order valence-corrected chi connectivity index (χ0v) is 12.6. The summed E-state index contributed by atoms with van der Waals surface area (Å²) in [4.78, 5) is 11.6. The molecule has 2 unspecified atom stereocenters. The van der Waals surface area contributed by atoms with E-state index in [4.69, 9.17) is 0 Å². The van der Waals surface area contributed by atoms with Crippen LogP contribution in [0.25, 0.3) is 0 Å². The first-order chi connectivity index (χ1) is 9.27. The van der Waals surface area contributed by atoms with E-state index < -0.39 is 22.2 Å². The molecule has 0 saturated carbocycles. The molecule has 0 radical (unpaired) electrons. The zero-order chi connectivity index (χ0) is 15.3. The molecule has 1 rings (SSSR count). The van der Waals surface area contributed by atoms with Gasteiger partial charge in [-0.2, -0.15) is 4.72 Å². The van der Waals surface area contributed by atoms with Crippen molar-refractivity contribution >= 4 is 15.9 Å². The predicted molar refractivity (Wildman–Crippen MR) is 75.5 cm³/mol. The lowest BCUT2D eigenvalue weighted by Crippen LogP contribution is -2.44. The molecule has 7 heteroatoms. The molecular weight excluding hydrogens is 280 g/mol. The van der Waals surface area contributed by atoms with Crippen molar-refractivity contribution in [2.24, 2.45) is 0 Å². The van der Waals surface area contributed by atoms with E-state index in [9.17, 15) is 18.3 Å². The van der Waals surface area contributed by atoms with Crippen LogP contribution >= 0.6 is 0 Å². The molecule has 0 bridgehead atoms. The number of amides is 1. The zero-order valence-electron chi connectivity index (χ0n) is 11.8. The van der Waals surface area contributed by atoms with E-state index in [0.29, 0.717) is 12.1 Å². The highest BCUT2D eigenvalue weighted by Crippen LogP contribution is 2.17. The van der Waals surface area contributed by atoms with Gasteiger partial charge >= 0.3 is 0 Å². The number of hydrogen-bond donors (Lipinski definition) is 3. The molecule has 112 valence electrons. The summed E-state index contributed by atoms with van der Waals surface area (Å²) >= 11 is 0. The SMILES string of the molecule is CCNC(=O)C(C)NS(=O)(=O)c1cccc(C(C)O)c1. The van der Waals surface area contributed by atoms with Gasteiger partial charge in [0.2, 0.25) is 15.9 Å². The van der Waals surface area contributed by atoms with E-state index in [2.05, 4.69) is 10.0 Å². The van der Waals surface area contributed by atoms with Gasteiger partial charge in [0, 0.05) is 6.54 Å². The normalized spacial score (nSPS) is 14.6. The Morgan fingerprint density at radius 2 is 2.00 bits per heavy atom. The summed E-state index contributed by atoms with van der Waals surface area (Å²) in [6.45, 7) is 5.21. The van der Waals surface area contributed by atoms with E-state index in [1.807, 2.05) is 0 Å². The van der Waals surface area contributed by atoms with E-state index in [1.165, 1.54) is 19.1 Å². The minimum Gasteiger partial charge on any atom is -0.389 e. The average Bonchev–Trinajstić information content (AvgIpc) is 2.38. The van der Waals surface area contributed by atoms with Crippen LogP contribution in [0.15, 0.2) is 29.2 Å². The van der Waals surface area contributed by atoms with Crippen molar-refractivity contribution in [2.45, 2.75) is 37.8 Å². The molecule has 0 aromatic heterocycles. The van der Waals surface area contributed by atoms with Crippen LogP contribution in [0, 0.1) is 0 Å². The summed E-state index contributed by atoms with van der Waals surface area (Å²) in [5, 5.41) is 12.0. The Kier molecular flexibility index (Phi) is 5.67. The van der Waals surface area contributed by atoms with Gasteiger partial charge in [0.05, 0.1) is 17.0 Å². The molecule has 3 N–H and O–H groups in total. The fourth-order valence-electron chi connectivity index (χ4n) is 1.62. The Balaban J connectivity index is 2.94. The van der Waals surface area contributed by atoms with Gasteiger partial charge in [0.15, 0.2) is 0 Å². The summed E-state index contributed by atoms with van der Waals surface area (Å²) in [6.07, 6.45) is -0.758. The molecule has 0 spiro atoms. The first kappa shape index (κ1) is 16.6. The highest BCUT2D eigenvalue weighted by Gasteiger charge is 2.22. The number of likely N-dealkylation sites (N-methyl/N-ethyl adjacent to an activating group) is 1. The summed E-state index contributed by atoms with van der Waals surface area (Å²) in [5.74, 6) is -0.386. The number of nitrogens with one attached hydrogen (secondary N) is 2. The van der Waals surface area contributed by atoms with Crippen LogP contribution in [0.2, 0.25) is 0 Å². The fraction of sp³-hybridized carbons (Fsp3) is 0.462. The van der Waals surface area contributed by atoms with Crippen molar-refractivity contribution in [3.8, 4) is 0 Å². The van der Waals surface area contributed by atoms with Crippen LogP contribution in [-0.4, -0.2) is 32.0 Å². The van der Waals surface area contributed by atoms with Gasteiger partial charge in [0.1, 0.15) is 0 Å². The molecule has 2 atom stereocenters. The van der Waals surface area contributed by atoms with Gasteiger partial charge in [-0.3, -0.25) is 4.79 Å². The standard InChI is InChI=1S/C13H20N2O4S/c1-4-14-13(17)9(2)15-20(18,19)12-7-5-6-11(8-12)10(3)16/h5-10,15-16H,4H2,1-3H3,(H,14,17). The minimum absolute atomic E-state index is 0.0204. The molecule has 0 heterocycles. The van der Waals surface area contributed by atoms with E-state index in [1.54, 1.807) is 26.0 Å².